The van der Waals surface area contributed by atoms with Gasteiger partial charge < -0.3 is 10.8 Å². The molecule has 0 heterocycles. The smallest absolute Gasteiger partial charge is 0.0817 e. The molecule has 2 nitrogen and oxygen atoms in total. The highest BCUT2D eigenvalue weighted by Crippen LogP contribution is 2.36. The molecule has 0 aliphatic rings. The first-order valence-corrected chi connectivity index (χ1v) is 5.44. The van der Waals surface area contributed by atoms with Crippen LogP contribution >= 0.6 is 0 Å². The van der Waals surface area contributed by atoms with Gasteiger partial charge in [-0.25, -0.2) is 0 Å². The summed E-state index contributed by atoms with van der Waals surface area (Å²) in [6, 6.07) is 0. The van der Waals surface area contributed by atoms with Gasteiger partial charge in [0.15, 0.2) is 0 Å². The Morgan fingerprint density at radius 3 is 1.57 bits per heavy atom. The summed E-state index contributed by atoms with van der Waals surface area (Å²) < 4.78 is 0. The van der Waals surface area contributed by atoms with Crippen molar-refractivity contribution < 1.29 is 5.11 Å². The maximum atomic E-state index is 10.4. The zero-order valence-corrected chi connectivity index (χ0v) is 10.6. The Bertz CT molecular complexity index is 176. The summed E-state index contributed by atoms with van der Waals surface area (Å²) in [6.07, 6.45) is 1.77. The quantitative estimate of drug-likeness (QED) is 0.737. The standard InChI is InChI=1S/C12H27NO/c1-10(2,3)7-8-12(14,9-13)11(4,5)6/h14H,7-9,13H2,1-6H3. The average Bonchev–Trinajstić information content (AvgIpc) is 1.96. The Labute approximate surface area is 88.9 Å². The Morgan fingerprint density at radius 1 is 0.929 bits per heavy atom. The first-order valence-electron chi connectivity index (χ1n) is 5.44. The molecular formula is C12H27NO. The van der Waals surface area contributed by atoms with Crippen LogP contribution in [0.2, 0.25) is 0 Å². The molecule has 14 heavy (non-hydrogen) atoms. The van der Waals surface area contributed by atoms with E-state index in [2.05, 4.69) is 20.8 Å². The molecule has 0 radical (unpaired) electrons. The van der Waals surface area contributed by atoms with Crippen molar-refractivity contribution in [3.8, 4) is 0 Å². The van der Waals surface area contributed by atoms with Gasteiger partial charge in [-0.2, -0.15) is 0 Å². The first kappa shape index (κ1) is 13.9. The van der Waals surface area contributed by atoms with Gasteiger partial charge in [0.05, 0.1) is 5.60 Å². The van der Waals surface area contributed by atoms with Gasteiger partial charge in [0, 0.05) is 6.54 Å². The molecule has 0 saturated heterocycles. The largest absolute Gasteiger partial charge is 0.388 e. The van der Waals surface area contributed by atoms with Crippen LogP contribution in [0.5, 0.6) is 0 Å². The van der Waals surface area contributed by atoms with Crippen LogP contribution in [0.4, 0.5) is 0 Å². The third-order valence-corrected chi connectivity index (χ3v) is 3.02. The molecule has 1 unspecified atom stereocenters. The fourth-order valence-electron chi connectivity index (χ4n) is 1.37. The topological polar surface area (TPSA) is 46.2 Å². The fourth-order valence-corrected chi connectivity index (χ4v) is 1.37. The molecule has 3 N–H and O–H groups in total. The highest BCUT2D eigenvalue weighted by molar-refractivity contribution is 4.92. The van der Waals surface area contributed by atoms with Gasteiger partial charge in [-0.15, -0.1) is 0 Å². The van der Waals surface area contributed by atoms with Crippen molar-refractivity contribution in [2.75, 3.05) is 6.54 Å². The van der Waals surface area contributed by atoms with Crippen molar-refractivity contribution in [2.24, 2.45) is 16.6 Å². The Hall–Kier alpha value is -0.0800. The molecule has 0 aliphatic heterocycles. The van der Waals surface area contributed by atoms with Gasteiger partial charge in [-0.1, -0.05) is 41.5 Å². The van der Waals surface area contributed by atoms with Crippen molar-refractivity contribution in [1.82, 2.24) is 0 Å². The number of hydrogen-bond donors (Lipinski definition) is 2. The van der Waals surface area contributed by atoms with E-state index < -0.39 is 5.60 Å². The Balaban J connectivity index is 4.43. The minimum Gasteiger partial charge on any atom is -0.388 e. The third-order valence-electron chi connectivity index (χ3n) is 3.02. The van der Waals surface area contributed by atoms with Crippen LogP contribution in [0.25, 0.3) is 0 Å². The molecular weight excluding hydrogens is 174 g/mol. The van der Waals surface area contributed by atoms with Crippen molar-refractivity contribution in [1.29, 1.82) is 0 Å². The van der Waals surface area contributed by atoms with E-state index in [1.54, 1.807) is 0 Å². The van der Waals surface area contributed by atoms with E-state index in [1.165, 1.54) is 0 Å². The van der Waals surface area contributed by atoms with Gasteiger partial charge in [0.1, 0.15) is 0 Å². The number of nitrogens with two attached hydrogens (primary N) is 1. The van der Waals surface area contributed by atoms with Crippen LogP contribution in [0, 0.1) is 10.8 Å². The molecule has 0 rings (SSSR count). The van der Waals surface area contributed by atoms with Crippen LogP contribution in [0.3, 0.4) is 0 Å². The molecule has 86 valence electrons. The maximum Gasteiger partial charge on any atom is 0.0817 e. The second-order valence-electron chi connectivity index (χ2n) is 6.55. The Morgan fingerprint density at radius 2 is 1.36 bits per heavy atom. The van der Waals surface area contributed by atoms with Gasteiger partial charge in [0.25, 0.3) is 0 Å². The summed E-state index contributed by atoms with van der Waals surface area (Å²) in [5, 5.41) is 10.4. The second-order valence-corrected chi connectivity index (χ2v) is 6.55. The van der Waals surface area contributed by atoms with E-state index in [-0.39, 0.29) is 10.8 Å². The lowest BCUT2D eigenvalue weighted by atomic mass is 9.71. The lowest BCUT2D eigenvalue weighted by Crippen LogP contribution is -2.49. The summed E-state index contributed by atoms with van der Waals surface area (Å²) in [4.78, 5) is 0. The number of hydrogen-bond acceptors (Lipinski definition) is 2. The van der Waals surface area contributed by atoms with Crippen LogP contribution in [-0.4, -0.2) is 17.3 Å². The maximum absolute atomic E-state index is 10.4. The molecule has 0 bridgehead atoms. The zero-order chi connectivity index (χ0) is 11.6. The van der Waals surface area contributed by atoms with Crippen molar-refractivity contribution in [2.45, 2.75) is 60.0 Å². The molecule has 0 amide bonds. The predicted octanol–water partition coefficient (Wildman–Crippen LogP) is 2.55. The van der Waals surface area contributed by atoms with Gasteiger partial charge in [-0.05, 0) is 23.7 Å². The SMILES string of the molecule is CC(C)(C)CCC(O)(CN)C(C)(C)C. The molecule has 0 saturated carbocycles. The lowest BCUT2D eigenvalue weighted by Gasteiger charge is -2.41. The minimum absolute atomic E-state index is 0.146. The van der Waals surface area contributed by atoms with E-state index >= 15 is 0 Å². The van der Waals surface area contributed by atoms with E-state index in [1.807, 2.05) is 20.8 Å². The lowest BCUT2D eigenvalue weighted by molar-refractivity contribution is -0.0627. The Kier molecular flexibility index (Phi) is 4.17. The van der Waals surface area contributed by atoms with Crippen LogP contribution < -0.4 is 5.73 Å². The van der Waals surface area contributed by atoms with E-state index in [4.69, 9.17) is 5.73 Å². The van der Waals surface area contributed by atoms with E-state index in [0.29, 0.717) is 6.54 Å². The van der Waals surface area contributed by atoms with Crippen molar-refractivity contribution >= 4 is 0 Å². The highest BCUT2D eigenvalue weighted by Gasteiger charge is 2.38. The fraction of sp³-hybridized carbons (Fsp3) is 1.00. The average molecular weight is 201 g/mol. The molecule has 0 aromatic carbocycles. The molecule has 1 atom stereocenters. The summed E-state index contributed by atoms with van der Waals surface area (Å²) in [6.45, 7) is 13.0. The number of aliphatic hydroxyl groups is 1. The summed E-state index contributed by atoms with van der Waals surface area (Å²) in [7, 11) is 0. The number of rotatable bonds is 3. The summed E-state index contributed by atoms with van der Waals surface area (Å²) in [5.41, 5.74) is 5.05. The van der Waals surface area contributed by atoms with Gasteiger partial charge >= 0.3 is 0 Å². The molecule has 0 aliphatic carbocycles. The zero-order valence-electron chi connectivity index (χ0n) is 10.6. The summed E-state index contributed by atoms with van der Waals surface area (Å²) >= 11 is 0. The van der Waals surface area contributed by atoms with E-state index in [0.717, 1.165) is 12.8 Å². The second kappa shape index (κ2) is 4.19. The predicted molar refractivity (Wildman–Crippen MR) is 62.1 cm³/mol. The molecule has 0 aromatic rings. The molecule has 2 heteroatoms. The monoisotopic (exact) mass is 201 g/mol. The minimum atomic E-state index is -0.736. The van der Waals surface area contributed by atoms with Crippen molar-refractivity contribution in [3.63, 3.8) is 0 Å². The third kappa shape index (κ3) is 3.97. The highest BCUT2D eigenvalue weighted by atomic mass is 16.3. The van der Waals surface area contributed by atoms with Crippen LogP contribution in [0.1, 0.15) is 54.4 Å². The van der Waals surface area contributed by atoms with Crippen LogP contribution in [0.15, 0.2) is 0 Å². The summed E-state index contributed by atoms with van der Waals surface area (Å²) in [5.74, 6) is 0. The molecule has 0 spiro atoms. The van der Waals surface area contributed by atoms with E-state index in [9.17, 15) is 5.11 Å². The molecule has 0 fully saturated rings. The van der Waals surface area contributed by atoms with Gasteiger partial charge in [-0.3, -0.25) is 0 Å². The van der Waals surface area contributed by atoms with Crippen LogP contribution in [-0.2, 0) is 0 Å². The van der Waals surface area contributed by atoms with Gasteiger partial charge in [0.2, 0.25) is 0 Å². The molecule has 0 aromatic heterocycles. The van der Waals surface area contributed by atoms with Crippen molar-refractivity contribution in [3.05, 3.63) is 0 Å². The normalized spacial score (nSPS) is 18.0. The first-order chi connectivity index (χ1) is 6.02.